The number of nitrogens with zero attached hydrogens (tertiary/aromatic N) is 1. The monoisotopic (exact) mass is 245 g/mol. The molecule has 1 atom stereocenters. The molecule has 0 aliphatic rings. The number of primary amides is 1. The van der Waals surface area contributed by atoms with Gasteiger partial charge in [-0.2, -0.15) is 0 Å². The normalized spacial score (nSPS) is 12.6. The lowest BCUT2D eigenvalue weighted by atomic mass is 10.2. The highest BCUT2D eigenvalue weighted by molar-refractivity contribution is 5.83. The predicted octanol–water partition coefficient (Wildman–Crippen LogP) is -0.363. The van der Waals surface area contributed by atoms with E-state index >= 15 is 0 Å². The lowest BCUT2D eigenvalue weighted by Crippen LogP contribution is -2.41. The average Bonchev–Trinajstić information content (AvgIpc) is 2.27. The van der Waals surface area contributed by atoms with Crippen molar-refractivity contribution in [3.05, 3.63) is 0 Å². The summed E-state index contributed by atoms with van der Waals surface area (Å²) in [5.41, 5.74) is 4.98. The number of carboxylic acid groups (broad SMARTS) is 1. The molecule has 17 heavy (non-hydrogen) atoms. The van der Waals surface area contributed by atoms with Gasteiger partial charge in [-0.15, -0.1) is 0 Å². The third-order valence-electron chi connectivity index (χ3n) is 2.64. The zero-order chi connectivity index (χ0) is 13.3. The maximum atomic E-state index is 10.8. The Kier molecular flexibility index (Phi) is 8.35. The maximum absolute atomic E-state index is 10.8. The predicted molar refractivity (Wildman–Crippen MR) is 65.6 cm³/mol. The standard InChI is InChI=1S/C11H23N3O3/c1-3-14(4-2)7-5-6-13-9(11(16)17)8-10(12)15/h9,13H,3-8H2,1-2H3,(H2,12,15)(H,16,17)/t9-/m0/s1. The highest BCUT2D eigenvalue weighted by Crippen LogP contribution is 1.94. The number of hydrogen-bond donors (Lipinski definition) is 3. The van der Waals surface area contributed by atoms with Gasteiger partial charge in [-0.05, 0) is 32.6 Å². The topological polar surface area (TPSA) is 95.7 Å². The number of carbonyl (C=O) groups excluding carboxylic acids is 1. The highest BCUT2D eigenvalue weighted by Gasteiger charge is 2.18. The van der Waals surface area contributed by atoms with E-state index < -0.39 is 17.9 Å². The Bertz CT molecular complexity index is 242. The molecule has 0 aromatic heterocycles. The van der Waals surface area contributed by atoms with Crippen molar-refractivity contribution in [2.75, 3.05) is 26.2 Å². The highest BCUT2D eigenvalue weighted by atomic mass is 16.4. The zero-order valence-corrected chi connectivity index (χ0v) is 10.6. The van der Waals surface area contributed by atoms with Crippen molar-refractivity contribution < 1.29 is 14.7 Å². The first-order valence-electron chi connectivity index (χ1n) is 5.98. The Balaban J connectivity index is 3.82. The summed E-state index contributed by atoms with van der Waals surface area (Å²) < 4.78 is 0. The summed E-state index contributed by atoms with van der Waals surface area (Å²) in [5.74, 6) is -1.64. The van der Waals surface area contributed by atoms with Crippen molar-refractivity contribution in [2.24, 2.45) is 5.73 Å². The molecule has 6 nitrogen and oxygen atoms in total. The summed E-state index contributed by atoms with van der Waals surface area (Å²) in [7, 11) is 0. The fraction of sp³-hybridized carbons (Fsp3) is 0.818. The van der Waals surface area contributed by atoms with Crippen molar-refractivity contribution in [1.29, 1.82) is 0 Å². The van der Waals surface area contributed by atoms with Crippen LogP contribution in [0.15, 0.2) is 0 Å². The Morgan fingerprint density at radius 2 is 1.94 bits per heavy atom. The number of nitrogens with two attached hydrogens (primary N) is 1. The molecule has 0 saturated carbocycles. The molecule has 0 spiro atoms. The Morgan fingerprint density at radius 1 is 1.35 bits per heavy atom. The summed E-state index contributed by atoms with van der Waals surface area (Å²) >= 11 is 0. The number of rotatable bonds is 10. The third-order valence-corrected chi connectivity index (χ3v) is 2.64. The number of aliphatic carboxylic acids is 1. The molecule has 4 N–H and O–H groups in total. The van der Waals surface area contributed by atoms with Gasteiger partial charge in [-0.25, -0.2) is 0 Å². The zero-order valence-electron chi connectivity index (χ0n) is 10.6. The van der Waals surface area contributed by atoms with Gasteiger partial charge < -0.3 is 21.1 Å². The Hall–Kier alpha value is -1.14. The third kappa shape index (κ3) is 7.70. The van der Waals surface area contributed by atoms with Gasteiger partial charge in [0.1, 0.15) is 6.04 Å². The molecule has 100 valence electrons. The van der Waals surface area contributed by atoms with Crippen molar-refractivity contribution in [1.82, 2.24) is 10.2 Å². The van der Waals surface area contributed by atoms with Crippen LogP contribution in [0.25, 0.3) is 0 Å². The van der Waals surface area contributed by atoms with Crippen molar-refractivity contribution >= 4 is 11.9 Å². The summed E-state index contributed by atoms with van der Waals surface area (Å²) in [6.07, 6.45) is 0.685. The van der Waals surface area contributed by atoms with E-state index in [0.29, 0.717) is 6.54 Å². The molecule has 0 aromatic carbocycles. The number of carboxylic acids is 1. The molecule has 1 amide bonds. The van der Waals surface area contributed by atoms with Gasteiger partial charge in [0.25, 0.3) is 0 Å². The lowest BCUT2D eigenvalue weighted by Gasteiger charge is -2.18. The van der Waals surface area contributed by atoms with Crippen LogP contribution in [0.3, 0.4) is 0 Å². The van der Waals surface area contributed by atoms with E-state index in [0.717, 1.165) is 26.1 Å². The molecule has 0 aliphatic carbocycles. The van der Waals surface area contributed by atoms with Gasteiger partial charge in [0.2, 0.25) is 5.91 Å². The van der Waals surface area contributed by atoms with E-state index in [-0.39, 0.29) is 6.42 Å². The first-order chi connectivity index (χ1) is 8.01. The van der Waals surface area contributed by atoms with Gasteiger partial charge in [-0.3, -0.25) is 9.59 Å². The molecule has 0 rings (SSSR count). The van der Waals surface area contributed by atoms with Crippen molar-refractivity contribution in [2.45, 2.75) is 32.7 Å². The molecule has 0 saturated heterocycles. The molecule has 0 fully saturated rings. The smallest absolute Gasteiger partial charge is 0.321 e. The van der Waals surface area contributed by atoms with Crippen LogP contribution in [-0.2, 0) is 9.59 Å². The summed E-state index contributed by atoms with van der Waals surface area (Å²) in [4.78, 5) is 23.7. The Morgan fingerprint density at radius 3 is 2.35 bits per heavy atom. The lowest BCUT2D eigenvalue weighted by molar-refractivity contribution is -0.141. The molecule has 0 heterocycles. The van der Waals surface area contributed by atoms with Crippen LogP contribution in [0.1, 0.15) is 26.7 Å². The SMILES string of the molecule is CCN(CC)CCCN[C@@H](CC(N)=O)C(=O)O. The molecule has 0 bridgehead atoms. The van der Waals surface area contributed by atoms with Gasteiger partial charge in [0.05, 0.1) is 6.42 Å². The van der Waals surface area contributed by atoms with E-state index in [1.165, 1.54) is 0 Å². The maximum Gasteiger partial charge on any atom is 0.321 e. The fourth-order valence-electron chi connectivity index (χ4n) is 1.57. The molecule has 0 unspecified atom stereocenters. The number of carbonyl (C=O) groups is 2. The summed E-state index contributed by atoms with van der Waals surface area (Å²) in [5, 5.41) is 11.7. The minimum Gasteiger partial charge on any atom is -0.480 e. The molecule has 6 heteroatoms. The fourth-order valence-corrected chi connectivity index (χ4v) is 1.57. The van der Waals surface area contributed by atoms with Gasteiger partial charge in [-0.1, -0.05) is 13.8 Å². The van der Waals surface area contributed by atoms with E-state index in [9.17, 15) is 9.59 Å². The van der Waals surface area contributed by atoms with Crippen LogP contribution in [0, 0.1) is 0 Å². The van der Waals surface area contributed by atoms with E-state index in [1.807, 2.05) is 0 Å². The van der Waals surface area contributed by atoms with E-state index in [1.54, 1.807) is 0 Å². The summed E-state index contributed by atoms with van der Waals surface area (Å²) in [6, 6.07) is -0.871. The second-order valence-electron chi connectivity index (χ2n) is 3.90. The molecule has 0 aliphatic heterocycles. The van der Waals surface area contributed by atoms with Crippen LogP contribution >= 0.6 is 0 Å². The Labute approximate surface area is 102 Å². The van der Waals surface area contributed by atoms with Crippen LogP contribution in [-0.4, -0.2) is 54.1 Å². The van der Waals surface area contributed by atoms with Crippen molar-refractivity contribution in [3.8, 4) is 0 Å². The van der Waals surface area contributed by atoms with Crippen LogP contribution < -0.4 is 11.1 Å². The quantitative estimate of drug-likeness (QED) is 0.457. The minimum absolute atomic E-state index is 0.166. The largest absolute Gasteiger partial charge is 0.480 e. The van der Waals surface area contributed by atoms with E-state index in [4.69, 9.17) is 10.8 Å². The average molecular weight is 245 g/mol. The van der Waals surface area contributed by atoms with E-state index in [2.05, 4.69) is 24.1 Å². The van der Waals surface area contributed by atoms with Gasteiger partial charge in [0.15, 0.2) is 0 Å². The second kappa shape index (κ2) is 8.95. The molecular formula is C11H23N3O3. The molecule has 0 aromatic rings. The first-order valence-corrected chi connectivity index (χ1v) is 5.98. The van der Waals surface area contributed by atoms with Crippen LogP contribution in [0.4, 0.5) is 0 Å². The minimum atomic E-state index is -1.04. The molecule has 0 radical (unpaired) electrons. The van der Waals surface area contributed by atoms with Gasteiger partial charge >= 0.3 is 5.97 Å². The number of hydrogen-bond acceptors (Lipinski definition) is 4. The molecular weight excluding hydrogens is 222 g/mol. The number of amides is 1. The first kappa shape index (κ1) is 15.9. The second-order valence-corrected chi connectivity index (χ2v) is 3.90. The van der Waals surface area contributed by atoms with Crippen LogP contribution in [0.2, 0.25) is 0 Å². The van der Waals surface area contributed by atoms with Crippen molar-refractivity contribution in [3.63, 3.8) is 0 Å². The number of nitrogens with one attached hydrogen (secondary N) is 1. The van der Waals surface area contributed by atoms with Crippen LogP contribution in [0.5, 0.6) is 0 Å². The summed E-state index contributed by atoms with van der Waals surface area (Å²) in [6.45, 7) is 7.64. The van der Waals surface area contributed by atoms with Gasteiger partial charge in [0, 0.05) is 0 Å².